The van der Waals surface area contributed by atoms with E-state index in [1.54, 1.807) is 6.92 Å². The Morgan fingerprint density at radius 3 is 2.67 bits per heavy atom. The van der Waals surface area contributed by atoms with Gasteiger partial charge in [0.05, 0.1) is 11.5 Å². The van der Waals surface area contributed by atoms with Crippen molar-refractivity contribution in [1.82, 2.24) is 0 Å². The molecule has 0 saturated heterocycles. The third-order valence-electron chi connectivity index (χ3n) is 2.56. The van der Waals surface area contributed by atoms with Gasteiger partial charge in [-0.25, -0.2) is 0 Å². The van der Waals surface area contributed by atoms with E-state index in [4.69, 9.17) is 4.42 Å². The second-order valence-electron chi connectivity index (χ2n) is 3.76. The molecule has 0 spiro atoms. The van der Waals surface area contributed by atoms with Gasteiger partial charge in [0, 0.05) is 12.8 Å². The van der Waals surface area contributed by atoms with Crippen LogP contribution in [-0.4, -0.2) is 12.0 Å². The van der Waals surface area contributed by atoms with Crippen molar-refractivity contribution in [3.05, 3.63) is 23.2 Å². The van der Waals surface area contributed by atoms with Crippen LogP contribution in [0.1, 0.15) is 28.3 Å². The summed E-state index contributed by atoms with van der Waals surface area (Å²) < 4.78 is 42.3. The Labute approximate surface area is 84.1 Å². The maximum absolute atomic E-state index is 12.4. The van der Waals surface area contributed by atoms with Crippen molar-refractivity contribution < 1.29 is 22.4 Å². The van der Waals surface area contributed by atoms with Gasteiger partial charge in [-0.15, -0.1) is 0 Å². The molecular formula is C10H9F3O2. The number of alkyl halides is 3. The van der Waals surface area contributed by atoms with Crippen LogP contribution in [0.5, 0.6) is 0 Å². The number of hydrogen-bond acceptors (Lipinski definition) is 2. The number of hydrogen-bond donors (Lipinski definition) is 0. The second-order valence-corrected chi connectivity index (χ2v) is 3.76. The molecule has 0 amide bonds. The summed E-state index contributed by atoms with van der Waals surface area (Å²) in [7, 11) is 0. The SMILES string of the molecule is Cc1cc2c(o1)CC(C(F)(F)F)CC2=O. The first-order chi connectivity index (χ1) is 6.88. The Balaban J connectivity index is 2.34. The largest absolute Gasteiger partial charge is 0.466 e. The first kappa shape index (κ1) is 10.3. The fourth-order valence-electron chi connectivity index (χ4n) is 1.81. The lowest BCUT2D eigenvalue weighted by atomic mass is 9.87. The molecule has 5 heteroatoms. The van der Waals surface area contributed by atoms with E-state index in [1.165, 1.54) is 6.07 Å². The summed E-state index contributed by atoms with van der Waals surface area (Å²) >= 11 is 0. The predicted octanol–water partition coefficient (Wildman–Crippen LogP) is 2.90. The van der Waals surface area contributed by atoms with Crippen molar-refractivity contribution in [3.63, 3.8) is 0 Å². The zero-order chi connectivity index (χ0) is 11.2. The monoisotopic (exact) mass is 218 g/mol. The van der Waals surface area contributed by atoms with E-state index in [2.05, 4.69) is 0 Å². The minimum absolute atomic E-state index is 0.172. The van der Waals surface area contributed by atoms with E-state index in [1.807, 2.05) is 0 Å². The Bertz CT molecular complexity index is 403. The number of halogens is 3. The van der Waals surface area contributed by atoms with Crippen LogP contribution in [0.15, 0.2) is 10.5 Å². The summed E-state index contributed by atoms with van der Waals surface area (Å²) in [6.45, 7) is 1.62. The molecule has 1 aliphatic rings. The Hall–Kier alpha value is -1.26. The van der Waals surface area contributed by atoms with Crippen molar-refractivity contribution in [2.24, 2.45) is 5.92 Å². The number of fused-ring (bicyclic) bond motifs is 1. The smallest absolute Gasteiger partial charge is 0.392 e. The molecule has 1 aliphatic carbocycles. The Morgan fingerprint density at radius 2 is 2.07 bits per heavy atom. The first-order valence-electron chi connectivity index (χ1n) is 4.57. The summed E-state index contributed by atoms with van der Waals surface area (Å²) in [5, 5.41) is 0. The normalized spacial score (nSPS) is 21.6. The van der Waals surface area contributed by atoms with Crippen LogP contribution in [0.25, 0.3) is 0 Å². The number of Topliss-reactive ketones (excluding diaryl/α,β-unsaturated/α-hetero) is 1. The molecular weight excluding hydrogens is 209 g/mol. The van der Waals surface area contributed by atoms with Gasteiger partial charge in [0.2, 0.25) is 0 Å². The van der Waals surface area contributed by atoms with Crippen LogP contribution < -0.4 is 0 Å². The van der Waals surface area contributed by atoms with Gasteiger partial charge < -0.3 is 4.42 Å². The van der Waals surface area contributed by atoms with E-state index in [9.17, 15) is 18.0 Å². The maximum atomic E-state index is 12.4. The first-order valence-corrected chi connectivity index (χ1v) is 4.57. The van der Waals surface area contributed by atoms with E-state index in [0.717, 1.165) is 0 Å². The molecule has 0 fully saturated rings. The van der Waals surface area contributed by atoms with Crippen LogP contribution in [0, 0.1) is 12.8 Å². The summed E-state index contributed by atoms with van der Waals surface area (Å²) in [5.41, 5.74) is 0.313. The average molecular weight is 218 g/mol. The van der Waals surface area contributed by atoms with Gasteiger partial charge in [0.25, 0.3) is 0 Å². The molecule has 15 heavy (non-hydrogen) atoms. The van der Waals surface area contributed by atoms with Crippen LogP contribution in [0.4, 0.5) is 13.2 Å². The molecule has 0 saturated carbocycles. The quantitative estimate of drug-likeness (QED) is 0.670. The van der Waals surface area contributed by atoms with Gasteiger partial charge in [-0.2, -0.15) is 13.2 Å². The molecule has 0 aromatic carbocycles. The van der Waals surface area contributed by atoms with Crippen molar-refractivity contribution in [1.29, 1.82) is 0 Å². The molecule has 0 aliphatic heterocycles. The number of aryl methyl sites for hydroxylation is 1. The molecule has 1 aromatic rings. The number of rotatable bonds is 0. The molecule has 0 radical (unpaired) electrons. The van der Waals surface area contributed by atoms with Gasteiger partial charge in [-0.3, -0.25) is 4.79 Å². The molecule has 0 bridgehead atoms. The van der Waals surface area contributed by atoms with Crippen molar-refractivity contribution >= 4 is 5.78 Å². The lowest BCUT2D eigenvalue weighted by Gasteiger charge is -2.22. The van der Waals surface area contributed by atoms with Gasteiger partial charge in [0.15, 0.2) is 5.78 Å². The Kier molecular flexibility index (Phi) is 2.13. The van der Waals surface area contributed by atoms with E-state index in [-0.39, 0.29) is 12.2 Å². The van der Waals surface area contributed by atoms with Crippen molar-refractivity contribution in [2.75, 3.05) is 0 Å². The highest BCUT2D eigenvalue weighted by atomic mass is 19.4. The topological polar surface area (TPSA) is 30.2 Å². The number of carbonyl (C=O) groups is 1. The molecule has 82 valence electrons. The second kappa shape index (κ2) is 3.12. The van der Waals surface area contributed by atoms with Crippen molar-refractivity contribution in [2.45, 2.75) is 25.9 Å². The lowest BCUT2D eigenvalue weighted by Crippen LogP contribution is -2.31. The highest BCUT2D eigenvalue weighted by Crippen LogP contribution is 2.37. The third kappa shape index (κ3) is 1.78. The van der Waals surface area contributed by atoms with Gasteiger partial charge >= 0.3 is 6.18 Å². The zero-order valence-electron chi connectivity index (χ0n) is 8.02. The zero-order valence-corrected chi connectivity index (χ0v) is 8.02. The molecule has 1 atom stereocenters. The standard InChI is InChI=1S/C10H9F3O2/c1-5-2-7-8(14)3-6(10(11,12)13)4-9(7)15-5/h2,6H,3-4H2,1H3. The van der Waals surface area contributed by atoms with Crippen LogP contribution >= 0.6 is 0 Å². The van der Waals surface area contributed by atoms with Gasteiger partial charge in [0.1, 0.15) is 11.5 Å². The van der Waals surface area contributed by atoms with E-state index < -0.39 is 24.3 Å². The minimum atomic E-state index is -4.33. The number of ketones is 1. The minimum Gasteiger partial charge on any atom is -0.466 e. The fraction of sp³-hybridized carbons (Fsp3) is 0.500. The van der Waals surface area contributed by atoms with Gasteiger partial charge in [-0.05, 0) is 13.0 Å². The summed E-state index contributed by atoms with van der Waals surface area (Å²) in [6.07, 6.45) is -5.01. The summed E-state index contributed by atoms with van der Waals surface area (Å²) in [4.78, 5) is 11.4. The molecule has 2 rings (SSSR count). The third-order valence-corrected chi connectivity index (χ3v) is 2.56. The molecule has 0 N–H and O–H groups in total. The van der Waals surface area contributed by atoms with Crippen LogP contribution in [0.2, 0.25) is 0 Å². The van der Waals surface area contributed by atoms with Gasteiger partial charge in [-0.1, -0.05) is 0 Å². The maximum Gasteiger partial charge on any atom is 0.392 e. The molecule has 1 unspecified atom stereocenters. The van der Waals surface area contributed by atoms with Crippen LogP contribution in [0.3, 0.4) is 0 Å². The highest BCUT2D eigenvalue weighted by molar-refractivity contribution is 5.98. The van der Waals surface area contributed by atoms with E-state index in [0.29, 0.717) is 11.3 Å². The summed E-state index contributed by atoms with van der Waals surface area (Å²) in [5.74, 6) is -1.42. The number of furan rings is 1. The molecule has 2 nitrogen and oxygen atoms in total. The number of carbonyl (C=O) groups excluding carboxylic acids is 1. The highest BCUT2D eigenvalue weighted by Gasteiger charge is 2.44. The van der Waals surface area contributed by atoms with Crippen molar-refractivity contribution in [3.8, 4) is 0 Å². The predicted molar refractivity (Wildman–Crippen MR) is 45.6 cm³/mol. The molecule has 1 aromatic heterocycles. The molecule has 1 heterocycles. The average Bonchev–Trinajstić information content (AvgIpc) is 2.44. The van der Waals surface area contributed by atoms with E-state index >= 15 is 0 Å². The fourth-order valence-corrected chi connectivity index (χ4v) is 1.81. The van der Waals surface area contributed by atoms with Crippen LogP contribution in [-0.2, 0) is 6.42 Å². The Morgan fingerprint density at radius 1 is 1.40 bits per heavy atom. The lowest BCUT2D eigenvalue weighted by molar-refractivity contribution is -0.174. The summed E-state index contributed by atoms with van der Waals surface area (Å²) in [6, 6.07) is 1.50.